The van der Waals surface area contributed by atoms with Crippen LogP contribution in [-0.4, -0.2) is 28.0 Å². The highest BCUT2D eigenvalue weighted by atomic mass is 79.9. The van der Waals surface area contributed by atoms with Crippen LogP contribution in [0.5, 0.6) is 0 Å². The van der Waals surface area contributed by atoms with E-state index in [1.807, 2.05) is 35.2 Å². The second-order valence-corrected chi connectivity index (χ2v) is 8.88. The van der Waals surface area contributed by atoms with E-state index in [1.54, 1.807) is 0 Å². The van der Waals surface area contributed by atoms with Crippen molar-refractivity contribution in [3.63, 3.8) is 0 Å². The molecule has 1 saturated heterocycles. The Kier molecular flexibility index (Phi) is 3.13. The van der Waals surface area contributed by atoms with E-state index in [4.69, 9.17) is 0 Å². The first-order chi connectivity index (χ1) is 11.6. The number of hydrogen-bond acceptors (Lipinski definition) is 2. The van der Waals surface area contributed by atoms with Crippen molar-refractivity contribution in [2.45, 2.75) is 17.8 Å². The van der Waals surface area contributed by atoms with Crippen molar-refractivity contribution in [2.24, 2.45) is 35.5 Å². The summed E-state index contributed by atoms with van der Waals surface area (Å²) in [6.07, 6.45) is 1.03. The van der Waals surface area contributed by atoms with Crippen LogP contribution in [0.2, 0.25) is 0 Å². The van der Waals surface area contributed by atoms with Gasteiger partial charge in [-0.25, -0.2) is 0 Å². The molecular weight excluding hydrogens is 366 g/mol. The van der Waals surface area contributed by atoms with Gasteiger partial charge in [-0.1, -0.05) is 58.4 Å². The number of Topliss-reactive ketones (excluding diaryl/α,β-unsaturated/α-hetero) is 1. The molecule has 7 unspecified atom stereocenters. The zero-order valence-electron chi connectivity index (χ0n) is 13.4. The molecular formula is C20H20BrNO2. The maximum Gasteiger partial charge on any atom is 0.227 e. The zero-order valence-corrected chi connectivity index (χ0v) is 15.0. The topological polar surface area (TPSA) is 37.4 Å². The molecule has 6 rings (SSSR count). The monoisotopic (exact) mass is 385 g/mol. The molecule has 5 fully saturated rings. The highest BCUT2D eigenvalue weighted by molar-refractivity contribution is 9.09. The van der Waals surface area contributed by atoms with Gasteiger partial charge >= 0.3 is 0 Å². The molecule has 124 valence electrons. The van der Waals surface area contributed by atoms with E-state index in [0.29, 0.717) is 24.9 Å². The fraction of sp³-hybridized carbons (Fsp3) is 0.500. The average Bonchev–Trinajstić information content (AvgIpc) is 3.15. The number of carbonyl (C=O) groups excluding carboxylic acids is 2. The molecule has 4 aliphatic carbocycles. The predicted molar refractivity (Wildman–Crippen MR) is 94.3 cm³/mol. The van der Waals surface area contributed by atoms with Crippen molar-refractivity contribution in [2.75, 3.05) is 6.54 Å². The fourth-order valence-electron chi connectivity index (χ4n) is 5.85. The van der Waals surface area contributed by atoms with Crippen LogP contribution < -0.4 is 0 Å². The molecule has 1 heterocycles. The number of rotatable bonds is 2. The molecule has 24 heavy (non-hydrogen) atoms. The van der Waals surface area contributed by atoms with Crippen LogP contribution >= 0.6 is 15.9 Å². The van der Waals surface area contributed by atoms with E-state index < -0.39 is 0 Å². The van der Waals surface area contributed by atoms with Crippen LogP contribution in [0.3, 0.4) is 0 Å². The third-order valence-electron chi connectivity index (χ3n) is 6.82. The average molecular weight is 386 g/mol. The van der Waals surface area contributed by atoms with E-state index in [9.17, 15) is 9.59 Å². The molecule has 0 radical (unpaired) electrons. The SMILES string of the molecule is C=C1C2CC3C1C(=O)C1CN(Cc4ccccc4)C(=O)C1C2C3Br. The molecule has 4 saturated carbocycles. The number of alkyl halides is 1. The summed E-state index contributed by atoms with van der Waals surface area (Å²) >= 11 is 3.84. The summed E-state index contributed by atoms with van der Waals surface area (Å²) in [5, 5.41) is 0. The Balaban J connectivity index is 1.49. The van der Waals surface area contributed by atoms with E-state index in [0.717, 1.165) is 17.6 Å². The van der Waals surface area contributed by atoms with Crippen LogP contribution in [0.15, 0.2) is 42.5 Å². The number of halogens is 1. The molecule has 1 aromatic rings. The van der Waals surface area contributed by atoms with Crippen molar-refractivity contribution < 1.29 is 9.59 Å². The molecule has 1 aromatic carbocycles. The maximum atomic E-state index is 13.2. The number of amides is 1. The van der Waals surface area contributed by atoms with Gasteiger partial charge < -0.3 is 4.90 Å². The highest BCUT2D eigenvalue weighted by Crippen LogP contribution is 2.64. The molecule has 1 amide bonds. The van der Waals surface area contributed by atoms with Gasteiger partial charge in [-0.15, -0.1) is 0 Å². The van der Waals surface area contributed by atoms with Crippen molar-refractivity contribution in [3.05, 3.63) is 48.0 Å². The molecule has 3 nitrogen and oxygen atoms in total. The first kappa shape index (κ1) is 14.9. The van der Waals surface area contributed by atoms with E-state index in [2.05, 4.69) is 22.5 Å². The van der Waals surface area contributed by atoms with Gasteiger partial charge in [-0.3, -0.25) is 9.59 Å². The number of allylic oxidation sites excluding steroid dienone is 1. The van der Waals surface area contributed by atoms with Gasteiger partial charge in [-0.05, 0) is 29.7 Å². The summed E-state index contributed by atoms with van der Waals surface area (Å²) in [6.45, 7) is 5.43. The minimum absolute atomic E-state index is 0.0184. The Hall–Kier alpha value is -1.42. The van der Waals surface area contributed by atoms with Crippen molar-refractivity contribution >= 4 is 27.6 Å². The van der Waals surface area contributed by atoms with E-state index in [1.165, 1.54) is 0 Å². The van der Waals surface area contributed by atoms with Crippen LogP contribution in [0.1, 0.15) is 12.0 Å². The van der Waals surface area contributed by atoms with Crippen LogP contribution in [0.4, 0.5) is 0 Å². The number of ketones is 1. The Morgan fingerprint density at radius 1 is 1.17 bits per heavy atom. The van der Waals surface area contributed by atoms with Gasteiger partial charge in [0.05, 0.1) is 5.92 Å². The summed E-state index contributed by atoms with van der Waals surface area (Å²) in [6, 6.07) is 10.1. The second-order valence-electron chi connectivity index (χ2n) is 7.82. The molecule has 0 N–H and O–H groups in total. The molecule has 7 atom stereocenters. The Labute approximate surface area is 150 Å². The van der Waals surface area contributed by atoms with Crippen molar-refractivity contribution in [1.29, 1.82) is 0 Å². The van der Waals surface area contributed by atoms with Crippen LogP contribution in [0.25, 0.3) is 0 Å². The third-order valence-corrected chi connectivity index (χ3v) is 8.11. The lowest BCUT2D eigenvalue weighted by Crippen LogP contribution is -2.37. The summed E-state index contributed by atoms with van der Waals surface area (Å²) in [4.78, 5) is 28.5. The Bertz CT molecular complexity index is 745. The minimum Gasteiger partial charge on any atom is -0.337 e. The number of likely N-dealkylation sites (tertiary alicyclic amines) is 1. The van der Waals surface area contributed by atoms with Crippen LogP contribution in [0, 0.1) is 35.5 Å². The maximum absolute atomic E-state index is 13.2. The first-order valence-corrected chi connectivity index (χ1v) is 9.68. The molecule has 1 aliphatic heterocycles. The van der Waals surface area contributed by atoms with Gasteiger partial charge in [-0.2, -0.15) is 0 Å². The largest absolute Gasteiger partial charge is 0.337 e. The molecule has 5 aliphatic rings. The quantitative estimate of drug-likeness (QED) is 0.579. The Morgan fingerprint density at radius 3 is 2.67 bits per heavy atom. The normalized spacial score (nSPS) is 42.8. The summed E-state index contributed by atoms with van der Waals surface area (Å²) in [7, 11) is 0. The smallest absolute Gasteiger partial charge is 0.227 e. The Morgan fingerprint density at radius 2 is 1.92 bits per heavy atom. The van der Waals surface area contributed by atoms with Crippen molar-refractivity contribution in [1.82, 2.24) is 4.90 Å². The van der Waals surface area contributed by atoms with Gasteiger partial charge in [0, 0.05) is 29.8 Å². The highest BCUT2D eigenvalue weighted by Gasteiger charge is 2.66. The summed E-state index contributed by atoms with van der Waals surface area (Å²) in [5.74, 6) is 1.12. The first-order valence-electron chi connectivity index (χ1n) is 8.77. The van der Waals surface area contributed by atoms with Crippen LogP contribution in [-0.2, 0) is 16.1 Å². The third kappa shape index (κ3) is 1.78. The standard InChI is InChI=1S/C20H20BrNO2/c1-10-12-7-13-15(10)19(23)14-9-22(8-11-5-3-2-4-6-11)20(24)17(14)16(12)18(13)21/h2-6,12-18H,1,7-9H2. The van der Waals surface area contributed by atoms with Crippen molar-refractivity contribution in [3.8, 4) is 0 Å². The second kappa shape index (κ2) is 5.04. The molecule has 4 bridgehead atoms. The number of nitrogens with zero attached hydrogens (tertiary/aromatic N) is 1. The fourth-order valence-corrected chi connectivity index (χ4v) is 7.07. The lowest BCUT2D eigenvalue weighted by molar-refractivity contribution is -0.134. The summed E-state index contributed by atoms with van der Waals surface area (Å²) < 4.78 is 0. The summed E-state index contributed by atoms with van der Waals surface area (Å²) in [5.41, 5.74) is 2.24. The van der Waals surface area contributed by atoms with Gasteiger partial charge in [0.15, 0.2) is 0 Å². The number of benzene rings is 1. The van der Waals surface area contributed by atoms with Gasteiger partial charge in [0.25, 0.3) is 0 Å². The zero-order chi connectivity index (χ0) is 16.6. The van der Waals surface area contributed by atoms with Gasteiger partial charge in [0.1, 0.15) is 5.78 Å². The molecule has 0 aromatic heterocycles. The number of carbonyl (C=O) groups is 2. The van der Waals surface area contributed by atoms with Gasteiger partial charge in [0.2, 0.25) is 5.91 Å². The van der Waals surface area contributed by atoms with E-state index in [-0.39, 0.29) is 40.2 Å². The number of hydrogen-bond donors (Lipinski definition) is 0. The lowest BCUT2D eigenvalue weighted by atomic mass is 9.76. The molecule has 0 spiro atoms. The molecule has 4 heteroatoms. The minimum atomic E-state index is -0.148. The predicted octanol–water partition coefficient (Wildman–Crippen LogP) is 3.05. The van der Waals surface area contributed by atoms with E-state index >= 15 is 0 Å². The lowest BCUT2D eigenvalue weighted by Gasteiger charge is -2.32.